The normalized spacial score (nSPS) is 15.1. The summed E-state index contributed by atoms with van der Waals surface area (Å²) in [5.74, 6) is -0.365. The summed E-state index contributed by atoms with van der Waals surface area (Å²) in [5.41, 5.74) is 9.56. The van der Waals surface area contributed by atoms with Gasteiger partial charge in [0.15, 0.2) is 0 Å². The van der Waals surface area contributed by atoms with E-state index >= 15 is 0 Å². The Bertz CT molecular complexity index is 2240. The number of aromatic nitrogens is 3. The van der Waals surface area contributed by atoms with E-state index in [1.165, 1.54) is 24.1 Å². The van der Waals surface area contributed by atoms with E-state index in [4.69, 9.17) is 14.6 Å². The SMILES string of the molecule is CCCCCCCCOC(=O)CCc1cc(-n2nc3ccc(COC(=O)CCc4cc(N5N=C6C=CC=CC6N5)c(O)c(C(C)(C)C)c4)cc3n2)c(O)c(C(C)(C)C)c1. The predicted octanol–water partition coefficient (Wildman–Crippen LogP) is 9.11. The van der Waals surface area contributed by atoms with Gasteiger partial charge in [0.1, 0.15) is 40.5 Å². The molecule has 3 aromatic carbocycles. The van der Waals surface area contributed by atoms with Gasteiger partial charge in [0.2, 0.25) is 0 Å². The third-order valence-corrected chi connectivity index (χ3v) is 10.7. The number of nitrogens with one attached hydrogen (secondary N) is 1. The Morgan fingerprint density at radius 2 is 1.34 bits per heavy atom. The number of allylic oxidation sites excluding steroid dienone is 2. The molecule has 2 aliphatic rings. The Hall–Kier alpha value is -5.49. The number of nitrogens with zero attached hydrogens (tertiary/aromatic N) is 5. The maximum absolute atomic E-state index is 13.1. The van der Waals surface area contributed by atoms with E-state index in [1.54, 1.807) is 5.12 Å². The van der Waals surface area contributed by atoms with Crippen LogP contribution >= 0.6 is 0 Å². The van der Waals surface area contributed by atoms with Crippen molar-refractivity contribution in [1.82, 2.24) is 20.4 Å². The first-order valence-electron chi connectivity index (χ1n) is 21.0. The number of phenolic OH excluding ortho intramolecular Hbond substituents is 2. The monoisotopic (exact) mass is 804 g/mol. The highest BCUT2D eigenvalue weighted by Gasteiger charge is 2.30. The summed E-state index contributed by atoms with van der Waals surface area (Å²) in [5, 5.41) is 38.4. The van der Waals surface area contributed by atoms with Crippen molar-refractivity contribution in [1.29, 1.82) is 0 Å². The standard InChI is InChI=1S/C47H60N6O6/c1-8-9-10-11-12-15-24-58-42(54)22-19-31-25-35(47(5,6)7)45(57)41(29-31)53-50-38-21-18-33(27-39(38)51-53)30-59-43(55)23-20-32-26-34(46(2,3)4)44(56)40(28-32)52-48-36-16-13-14-17-37(36)49-52/h13-14,16-18,21,25-29,36,48,56-57H,8-12,15,19-20,22-24,30H2,1-7H3. The van der Waals surface area contributed by atoms with Crippen LogP contribution in [-0.2, 0) is 49.3 Å². The van der Waals surface area contributed by atoms with Crippen LogP contribution in [0.3, 0.4) is 0 Å². The molecule has 314 valence electrons. The van der Waals surface area contributed by atoms with Gasteiger partial charge in [0, 0.05) is 24.0 Å². The topological polar surface area (TPSA) is 151 Å². The molecule has 1 aromatic heterocycles. The van der Waals surface area contributed by atoms with Gasteiger partial charge in [-0.3, -0.25) is 9.59 Å². The van der Waals surface area contributed by atoms with Gasteiger partial charge < -0.3 is 19.7 Å². The number of unbranched alkanes of at least 4 members (excludes halogenated alkanes) is 5. The van der Waals surface area contributed by atoms with Crippen molar-refractivity contribution < 1.29 is 29.3 Å². The van der Waals surface area contributed by atoms with Crippen molar-refractivity contribution in [3.8, 4) is 17.2 Å². The number of benzene rings is 3. The first-order chi connectivity index (χ1) is 28.1. The molecule has 1 aliphatic carbocycles. The average molecular weight is 805 g/mol. The summed E-state index contributed by atoms with van der Waals surface area (Å²) >= 11 is 0. The van der Waals surface area contributed by atoms with Crippen molar-refractivity contribution >= 4 is 34.4 Å². The molecule has 0 saturated heterocycles. The minimum absolute atomic E-state index is 0.0528. The number of hydrogen-bond donors (Lipinski definition) is 3. The molecule has 1 atom stereocenters. The Kier molecular flexibility index (Phi) is 13.6. The van der Waals surface area contributed by atoms with Crippen molar-refractivity contribution in [3.63, 3.8) is 0 Å². The fourth-order valence-corrected chi connectivity index (χ4v) is 7.26. The number of esters is 2. The maximum Gasteiger partial charge on any atom is 0.306 e. The van der Waals surface area contributed by atoms with Crippen molar-refractivity contribution in [2.75, 3.05) is 11.7 Å². The third-order valence-electron chi connectivity index (χ3n) is 10.7. The number of carbonyl (C=O) groups is 2. The van der Waals surface area contributed by atoms with Gasteiger partial charge in [0.25, 0.3) is 0 Å². The number of hydrogen-bond acceptors (Lipinski definition) is 11. The fourth-order valence-electron chi connectivity index (χ4n) is 7.26. The largest absolute Gasteiger partial charge is 0.505 e. The second kappa shape index (κ2) is 18.6. The van der Waals surface area contributed by atoms with Gasteiger partial charge >= 0.3 is 11.9 Å². The second-order valence-corrected chi connectivity index (χ2v) is 17.7. The quantitative estimate of drug-likeness (QED) is 0.0696. The van der Waals surface area contributed by atoms with Crippen LogP contribution in [-0.4, -0.2) is 55.5 Å². The van der Waals surface area contributed by atoms with E-state index in [0.717, 1.165) is 52.8 Å². The van der Waals surface area contributed by atoms with E-state index in [9.17, 15) is 19.8 Å². The Labute approximate surface area is 347 Å². The highest BCUT2D eigenvalue weighted by Crippen LogP contribution is 2.40. The summed E-state index contributed by atoms with van der Waals surface area (Å²) in [7, 11) is 0. The van der Waals surface area contributed by atoms with Crippen LogP contribution in [0.2, 0.25) is 0 Å². The fraction of sp³-hybridized carbons (Fsp3) is 0.468. The molecule has 0 saturated carbocycles. The smallest absolute Gasteiger partial charge is 0.306 e. The minimum atomic E-state index is -0.384. The summed E-state index contributed by atoms with van der Waals surface area (Å²) in [6.45, 7) is 14.9. The Morgan fingerprint density at radius 3 is 2.00 bits per heavy atom. The Morgan fingerprint density at radius 1 is 0.729 bits per heavy atom. The molecule has 4 aromatic rings. The number of ether oxygens (including phenoxy) is 2. The van der Waals surface area contributed by atoms with Crippen molar-refractivity contribution in [3.05, 3.63) is 94.6 Å². The molecule has 0 spiro atoms. The van der Waals surface area contributed by atoms with Gasteiger partial charge in [-0.15, -0.1) is 15.0 Å². The molecule has 0 radical (unpaired) electrons. The van der Waals surface area contributed by atoms with E-state index in [-0.39, 0.29) is 59.8 Å². The molecule has 0 bridgehead atoms. The molecule has 59 heavy (non-hydrogen) atoms. The molecule has 2 heterocycles. The van der Waals surface area contributed by atoms with Crippen LogP contribution < -0.4 is 10.5 Å². The first kappa shape index (κ1) is 43.1. The zero-order valence-electron chi connectivity index (χ0n) is 35.7. The van der Waals surface area contributed by atoms with Gasteiger partial charge in [-0.05, 0) is 77.1 Å². The first-order valence-corrected chi connectivity index (χ1v) is 21.0. The summed E-state index contributed by atoms with van der Waals surface area (Å²) in [4.78, 5) is 27.1. The lowest BCUT2D eigenvalue weighted by atomic mass is 9.84. The molecule has 12 nitrogen and oxygen atoms in total. The molecule has 3 N–H and O–H groups in total. The highest BCUT2D eigenvalue weighted by atomic mass is 16.5. The molecular formula is C47H60N6O6. The zero-order valence-corrected chi connectivity index (χ0v) is 35.7. The maximum atomic E-state index is 13.1. The molecule has 1 aliphatic heterocycles. The molecule has 0 amide bonds. The van der Waals surface area contributed by atoms with Crippen molar-refractivity contribution in [2.45, 2.75) is 136 Å². The number of aromatic hydroxyl groups is 2. The van der Waals surface area contributed by atoms with Crippen LogP contribution in [0.1, 0.15) is 128 Å². The third kappa shape index (κ3) is 11.0. The average Bonchev–Trinajstić information content (AvgIpc) is 3.82. The number of carbonyl (C=O) groups excluding carboxylic acids is 2. The lowest BCUT2D eigenvalue weighted by Gasteiger charge is -2.26. The Balaban J connectivity index is 1.09. The summed E-state index contributed by atoms with van der Waals surface area (Å²) in [6.07, 6.45) is 15.8. The van der Waals surface area contributed by atoms with Gasteiger partial charge in [-0.25, -0.2) is 0 Å². The zero-order chi connectivity index (χ0) is 42.3. The predicted molar refractivity (Wildman–Crippen MR) is 232 cm³/mol. The number of hydrazine groups is 1. The highest BCUT2D eigenvalue weighted by molar-refractivity contribution is 6.04. The summed E-state index contributed by atoms with van der Waals surface area (Å²) in [6, 6.07) is 13.0. The van der Waals surface area contributed by atoms with Crippen LogP contribution in [0.25, 0.3) is 16.7 Å². The molecular weight excluding hydrogens is 745 g/mol. The van der Waals surface area contributed by atoms with Crippen LogP contribution in [0.4, 0.5) is 5.69 Å². The molecule has 0 fully saturated rings. The van der Waals surface area contributed by atoms with Gasteiger partial charge in [-0.1, -0.05) is 117 Å². The van der Waals surface area contributed by atoms with Crippen LogP contribution in [0.5, 0.6) is 11.5 Å². The van der Waals surface area contributed by atoms with E-state index in [0.29, 0.717) is 41.9 Å². The van der Waals surface area contributed by atoms with E-state index < -0.39 is 0 Å². The lowest BCUT2D eigenvalue weighted by molar-refractivity contribution is -0.145. The van der Waals surface area contributed by atoms with Gasteiger partial charge in [0.05, 0.1) is 18.4 Å². The molecule has 12 heteroatoms. The molecule has 6 rings (SSSR count). The number of aryl methyl sites for hydroxylation is 2. The minimum Gasteiger partial charge on any atom is -0.505 e. The lowest BCUT2D eigenvalue weighted by Crippen LogP contribution is -2.37. The second-order valence-electron chi connectivity index (χ2n) is 17.7. The van der Waals surface area contributed by atoms with E-state index in [2.05, 4.69) is 22.5 Å². The van der Waals surface area contributed by atoms with Gasteiger partial charge in [-0.2, -0.15) is 15.6 Å². The summed E-state index contributed by atoms with van der Waals surface area (Å²) < 4.78 is 11.2. The number of phenols is 2. The number of fused-ring (bicyclic) bond motifs is 2. The number of rotatable bonds is 17. The van der Waals surface area contributed by atoms with Crippen LogP contribution in [0, 0.1) is 0 Å². The number of hydrazone groups is 1. The van der Waals surface area contributed by atoms with Crippen LogP contribution in [0.15, 0.2) is 71.9 Å². The van der Waals surface area contributed by atoms with E-state index in [1.807, 2.05) is 108 Å². The molecule has 1 unspecified atom stereocenters. The van der Waals surface area contributed by atoms with Crippen molar-refractivity contribution in [2.24, 2.45) is 5.10 Å². The number of anilines is 1.